The zero-order valence-corrected chi connectivity index (χ0v) is 10.4. The molecule has 18 heavy (non-hydrogen) atoms. The van der Waals surface area contributed by atoms with Gasteiger partial charge in [-0.1, -0.05) is 36.4 Å². The van der Waals surface area contributed by atoms with Gasteiger partial charge < -0.3 is 5.32 Å². The van der Waals surface area contributed by atoms with Gasteiger partial charge in [-0.25, -0.2) is 0 Å². The van der Waals surface area contributed by atoms with Crippen LogP contribution in [-0.2, 0) is 9.59 Å². The van der Waals surface area contributed by atoms with Crippen molar-refractivity contribution in [3.63, 3.8) is 0 Å². The Labute approximate surface area is 106 Å². The average molecular weight is 241 g/mol. The van der Waals surface area contributed by atoms with E-state index >= 15 is 0 Å². The van der Waals surface area contributed by atoms with Crippen LogP contribution < -0.4 is 5.32 Å². The summed E-state index contributed by atoms with van der Waals surface area (Å²) in [7, 11) is 0. The molecular weight excluding hydrogens is 226 g/mol. The van der Waals surface area contributed by atoms with Gasteiger partial charge in [-0.05, 0) is 29.3 Å². The lowest BCUT2D eigenvalue weighted by molar-refractivity contribution is -0.125. The summed E-state index contributed by atoms with van der Waals surface area (Å²) in [6.45, 7) is 2.90. The van der Waals surface area contributed by atoms with Crippen LogP contribution in [0.4, 0.5) is 0 Å². The van der Waals surface area contributed by atoms with E-state index in [9.17, 15) is 9.59 Å². The first kappa shape index (κ1) is 12.3. The molecule has 0 aliphatic carbocycles. The molecule has 0 saturated heterocycles. The van der Waals surface area contributed by atoms with Crippen LogP contribution in [0.5, 0.6) is 0 Å². The lowest BCUT2D eigenvalue weighted by Crippen LogP contribution is -2.30. The van der Waals surface area contributed by atoms with Gasteiger partial charge in [0.1, 0.15) is 6.04 Å². The van der Waals surface area contributed by atoms with E-state index in [0.29, 0.717) is 0 Å². The van der Waals surface area contributed by atoms with Gasteiger partial charge in [0.05, 0.1) is 0 Å². The van der Waals surface area contributed by atoms with E-state index in [2.05, 4.69) is 5.32 Å². The lowest BCUT2D eigenvalue weighted by Gasteiger charge is -2.15. The van der Waals surface area contributed by atoms with E-state index < -0.39 is 6.04 Å². The lowest BCUT2D eigenvalue weighted by atomic mass is 9.99. The third kappa shape index (κ3) is 2.56. The summed E-state index contributed by atoms with van der Waals surface area (Å²) in [5, 5.41) is 4.85. The Morgan fingerprint density at radius 2 is 1.67 bits per heavy atom. The monoisotopic (exact) mass is 241 g/mol. The minimum absolute atomic E-state index is 0.0690. The average Bonchev–Trinajstić information content (AvgIpc) is 2.35. The van der Waals surface area contributed by atoms with Crippen LogP contribution in [-0.4, -0.2) is 11.7 Å². The first-order valence-corrected chi connectivity index (χ1v) is 5.84. The van der Waals surface area contributed by atoms with Crippen molar-refractivity contribution in [1.29, 1.82) is 0 Å². The normalized spacial score (nSPS) is 12.1. The third-order valence-corrected chi connectivity index (χ3v) is 2.86. The molecule has 0 aromatic heterocycles. The number of amides is 1. The fraction of sp³-hybridized carbons (Fsp3) is 0.200. The van der Waals surface area contributed by atoms with Crippen LogP contribution in [0.2, 0.25) is 0 Å². The van der Waals surface area contributed by atoms with Crippen LogP contribution in [0.3, 0.4) is 0 Å². The minimum atomic E-state index is -0.563. The summed E-state index contributed by atoms with van der Waals surface area (Å²) >= 11 is 0. The number of nitrogens with one attached hydrogen (secondary N) is 1. The molecule has 0 aliphatic heterocycles. The van der Waals surface area contributed by atoms with Crippen molar-refractivity contribution in [3.05, 3.63) is 48.0 Å². The maximum atomic E-state index is 11.6. The molecule has 2 rings (SSSR count). The van der Waals surface area contributed by atoms with Gasteiger partial charge in [0.15, 0.2) is 5.78 Å². The number of hydrogen-bond donors (Lipinski definition) is 1. The van der Waals surface area contributed by atoms with Crippen LogP contribution in [0.25, 0.3) is 10.8 Å². The Bertz CT molecular complexity index is 604. The van der Waals surface area contributed by atoms with Crippen molar-refractivity contribution in [2.45, 2.75) is 19.9 Å². The quantitative estimate of drug-likeness (QED) is 0.897. The smallest absolute Gasteiger partial charge is 0.217 e. The molecule has 1 atom stereocenters. The maximum Gasteiger partial charge on any atom is 0.217 e. The Morgan fingerprint density at radius 3 is 2.28 bits per heavy atom. The largest absolute Gasteiger partial charge is 0.342 e. The molecule has 0 radical (unpaired) electrons. The van der Waals surface area contributed by atoms with Crippen LogP contribution in [0.15, 0.2) is 42.5 Å². The van der Waals surface area contributed by atoms with Gasteiger partial charge in [-0.15, -0.1) is 0 Å². The molecule has 1 N–H and O–H groups in total. The Balaban J connectivity index is 2.44. The van der Waals surface area contributed by atoms with Gasteiger partial charge in [0.2, 0.25) is 5.91 Å². The third-order valence-electron chi connectivity index (χ3n) is 2.86. The standard InChI is InChI=1S/C15H15NO2/c1-10(17)15(16-11(2)18)14-8-7-12-5-3-4-6-13(12)9-14/h3-9,15H,1-2H3,(H,16,18). The van der Waals surface area contributed by atoms with Crippen molar-refractivity contribution in [3.8, 4) is 0 Å². The summed E-state index contributed by atoms with van der Waals surface area (Å²) in [5.74, 6) is -0.274. The molecule has 2 aromatic rings. The number of fused-ring (bicyclic) bond motifs is 1. The summed E-state index contributed by atoms with van der Waals surface area (Å²) in [5.41, 5.74) is 0.816. The first-order chi connectivity index (χ1) is 8.58. The second-order valence-corrected chi connectivity index (χ2v) is 4.35. The molecule has 1 amide bonds. The molecule has 0 fully saturated rings. The van der Waals surface area contributed by atoms with Crippen molar-refractivity contribution in [1.82, 2.24) is 5.32 Å². The highest BCUT2D eigenvalue weighted by Crippen LogP contribution is 2.21. The number of carbonyl (C=O) groups excluding carboxylic acids is 2. The Hall–Kier alpha value is -2.16. The van der Waals surface area contributed by atoms with Crippen molar-refractivity contribution >= 4 is 22.5 Å². The second-order valence-electron chi connectivity index (χ2n) is 4.35. The van der Waals surface area contributed by atoms with Crippen LogP contribution >= 0.6 is 0 Å². The minimum Gasteiger partial charge on any atom is -0.342 e. The summed E-state index contributed by atoms with van der Waals surface area (Å²) in [6, 6.07) is 13.1. The molecule has 0 spiro atoms. The van der Waals surface area contributed by atoms with E-state index in [-0.39, 0.29) is 11.7 Å². The molecule has 3 heteroatoms. The summed E-state index contributed by atoms with van der Waals surface area (Å²) < 4.78 is 0. The number of hydrogen-bond acceptors (Lipinski definition) is 2. The van der Waals surface area contributed by atoms with E-state index in [1.54, 1.807) is 0 Å². The van der Waals surface area contributed by atoms with Crippen LogP contribution in [0, 0.1) is 0 Å². The predicted molar refractivity (Wildman–Crippen MR) is 71.2 cm³/mol. The second kappa shape index (κ2) is 5.00. The van der Waals surface area contributed by atoms with Crippen molar-refractivity contribution in [2.75, 3.05) is 0 Å². The topological polar surface area (TPSA) is 46.2 Å². The number of rotatable bonds is 3. The molecule has 0 saturated carbocycles. The molecule has 92 valence electrons. The number of carbonyl (C=O) groups is 2. The molecule has 3 nitrogen and oxygen atoms in total. The predicted octanol–water partition coefficient (Wildman–Crippen LogP) is 2.61. The highest BCUT2D eigenvalue weighted by Gasteiger charge is 2.17. The highest BCUT2D eigenvalue weighted by molar-refractivity contribution is 5.90. The molecule has 0 aliphatic rings. The van der Waals surface area contributed by atoms with Gasteiger partial charge in [0.25, 0.3) is 0 Å². The van der Waals surface area contributed by atoms with E-state index in [0.717, 1.165) is 16.3 Å². The number of benzene rings is 2. The Morgan fingerprint density at radius 1 is 1.00 bits per heavy atom. The van der Waals surface area contributed by atoms with Gasteiger partial charge in [0, 0.05) is 6.92 Å². The molecule has 1 unspecified atom stereocenters. The fourth-order valence-electron chi connectivity index (χ4n) is 2.01. The first-order valence-electron chi connectivity index (χ1n) is 5.84. The van der Waals surface area contributed by atoms with E-state index in [1.165, 1.54) is 13.8 Å². The van der Waals surface area contributed by atoms with Crippen molar-refractivity contribution in [2.24, 2.45) is 0 Å². The summed E-state index contributed by atoms with van der Waals surface area (Å²) in [6.07, 6.45) is 0. The highest BCUT2D eigenvalue weighted by atomic mass is 16.2. The molecular formula is C15H15NO2. The number of ketones is 1. The van der Waals surface area contributed by atoms with E-state index in [4.69, 9.17) is 0 Å². The number of Topliss-reactive ketones (excluding diaryl/α,β-unsaturated/α-hetero) is 1. The fourth-order valence-corrected chi connectivity index (χ4v) is 2.01. The maximum absolute atomic E-state index is 11.6. The zero-order chi connectivity index (χ0) is 13.1. The molecule has 0 bridgehead atoms. The molecule has 0 heterocycles. The summed E-state index contributed by atoms with van der Waals surface area (Å²) in [4.78, 5) is 22.7. The molecule has 2 aromatic carbocycles. The van der Waals surface area contributed by atoms with Crippen LogP contribution in [0.1, 0.15) is 25.5 Å². The van der Waals surface area contributed by atoms with E-state index in [1.807, 2.05) is 42.5 Å². The van der Waals surface area contributed by atoms with Gasteiger partial charge >= 0.3 is 0 Å². The SMILES string of the molecule is CC(=O)NC(C(C)=O)c1ccc2ccccc2c1. The van der Waals surface area contributed by atoms with Gasteiger partial charge in [-0.3, -0.25) is 9.59 Å². The van der Waals surface area contributed by atoms with Crippen molar-refractivity contribution < 1.29 is 9.59 Å². The zero-order valence-electron chi connectivity index (χ0n) is 10.4. The Kier molecular flexibility index (Phi) is 3.42. The van der Waals surface area contributed by atoms with Gasteiger partial charge in [-0.2, -0.15) is 0 Å².